The van der Waals surface area contributed by atoms with Crippen molar-refractivity contribution in [2.75, 3.05) is 16.8 Å². The second-order valence-electron chi connectivity index (χ2n) is 5.71. The zero-order valence-corrected chi connectivity index (χ0v) is 13.2. The van der Waals surface area contributed by atoms with Crippen LogP contribution in [0.1, 0.15) is 21.8 Å². The number of fused-ring (bicyclic) bond motifs is 1. The summed E-state index contributed by atoms with van der Waals surface area (Å²) in [6, 6.07) is 13.7. The number of nitrogens with zero attached hydrogens (tertiary/aromatic N) is 3. The van der Waals surface area contributed by atoms with Crippen LogP contribution in [0.4, 0.5) is 17.2 Å². The van der Waals surface area contributed by atoms with Crippen LogP contribution in [0.3, 0.4) is 0 Å². The van der Waals surface area contributed by atoms with Gasteiger partial charge in [0.25, 0.3) is 5.91 Å². The number of hydrogen-bond donors (Lipinski definition) is 1. The summed E-state index contributed by atoms with van der Waals surface area (Å²) in [5, 5.41) is 6.46. The van der Waals surface area contributed by atoms with E-state index >= 15 is 0 Å². The van der Waals surface area contributed by atoms with Crippen LogP contribution in [0.5, 0.6) is 0 Å². The van der Waals surface area contributed by atoms with Crippen molar-refractivity contribution in [3.63, 3.8) is 0 Å². The average Bonchev–Trinajstić information content (AvgIpc) is 3.21. The van der Waals surface area contributed by atoms with E-state index < -0.39 is 0 Å². The summed E-state index contributed by atoms with van der Waals surface area (Å²) in [6.07, 6.45) is 2.65. The third kappa shape index (κ3) is 2.62. The first kappa shape index (κ1) is 14.4. The molecule has 2 aromatic heterocycles. The van der Waals surface area contributed by atoms with Gasteiger partial charge in [0.15, 0.2) is 5.82 Å². The molecule has 0 spiro atoms. The molecule has 120 valence electrons. The van der Waals surface area contributed by atoms with Crippen LogP contribution < -0.4 is 10.2 Å². The van der Waals surface area contributed by atoms with Crippen molar-refractivity contribution in [3.8, 4) is 0 Å². The number of benzene rings is 1. The number of rotatable bonds is 3. The summed E-state index contributed by atoms with van der Waals surface area (Å²) in [7, 11) is 0. The minimum Gasteiger partial charge on any atom is -0.360 e. The van der Waals surface area contributed by atoms with E-state index in [0.29, 0.717) is 17.3 Å². The lowest BCUT2D eigenvalue weighted by molar-refractivity contribution is 0.102. The molecular weight excluding hydrogens is 304 g/mol. The molecule has 1 amide bonds. The number of pyridine rings is 1. The molecule has 0 saturated carbocycles. The Morgan fingerprint density at radius 3 is 2.96 bits per heavy atom. The number of anilines is 3. The Morgan fingerprint density at radius 1 is 1.25 bits per heavy atom. The number of aryl methyl sites for hydroxylation is 1. The van der Waals surface area contributed by atoms with Crippen LogP contribution in [0.15, 0.2) is 53.2 Å². The van der Waals surface area contributed by atoms with Crippen LogP contribution in [-0.4, -0.2) is 22.6 Å². The number of amides is 1. The van der Waals surface area contributed by atoms with Crippen molar-refractivity contribution in [1.29, 1.82) is 0 Å². The first-order valence-corrected chi connectivity index (χ1v) is 7.77. The van der Waals surface area contributed by atoms with Crippen molar-refractivity contribution in [2.24, 2.45) is 0 Å². The normalized spacial score (nSPS) is 13.0. The van der Waals surface area contributed by atoms with E-state index in [1.807, 2.05) is 18.2 Å². The second kappa shape index (κ2) is 5.81. The summed E-state index contributed by atoms with van der Waals surface area (Å²) in [5.41, 5.74) is 3.80. The molecular formula is C18H16N4O2. The van der Waals surface area contributed by atoms with Crippen molar-refractivity contribution in [2.45, 2.75) is 13.3 Å². The lowest BCUT2D eigenvalue weighted by Crippen LogP contribution is -2.17. The predicted octanol–water partition coefficient (Wildman–Crippen LogP) is 3.32. The van der Waals surface area contributed by atoms with Gasteiger partial charge >= 0.3 is 0 Å². The van der Waals surface area contributed by atoms with Gasteiger partial charge in [-0.05, 0) is 37.1 Å². The highest BCUT2D eigenvalue weighted by molar-refractivity contribution is 6.02. The van der Waals surface area contributed by atoms with Crippen LogP contribution in [0, 0.1) is 6.92 Å². The molecule has 0 aliphatic carbocycles. The largest absolute Gasteiger partial charge is 0.360 e. The molecule has 1 aromatic carbocycles. The molecule has 1 aliphatic heterocycles. The summed E-state index contributed by atoms with van der Waals surface area (Å²) in [5.74, 6) is 0.717. The quantitative estimate of drug-likeness (QED) is 0.801. The fourth-order valence-electron chi connectivity index (χ4n) is 2.92. The molecule has 0 bridgehead atoms. The SMILES string of the molecule is Cc1cc(NC(=O)c2cc(N3CCc4ccccc43)ccn2)no1. The minimum atomic E-state index is -0.308. The lowest BCUT2D eigenvalue weighted by Gasteiger charge is -2.19. The fourth-order valence-corrected chi connectivity index (χ4v) is 2.92. The molecule has 3 heterocycles. The Hall–Kier alpha value is -3.15. The van der Waals surface area contributed by atoms with E-state index in [0.717, 1.165) is 18.7 Å². The van der Waals surface area contributed by atoms with Crippen LogP contribution in [-0.2, 0) is 6.42 Å². The predicted molar refractivity (Wildman–Crippen MR) is 90.6 cm³/mol. The molecule has 1 aliphatic rings. The molecule has 0 unspecified atom stereocenters. The third-order valence-corrected chi connectivity index (χ3v) is 4.04. The Labute approximate surface area is 139 Å². The van der Waals surface area contributed by atoms with Gasteiger partial charge in [-0.15, -0.1) is 0 Å². The Bertz CT molecular complexity index is 903. The zero-order chi connectivity index (χ0) is 16.5. The maximum Gasteiger partial charge on any atom is 0.275 e. The molecule has 4 rings (SSSR count). The van der Waals surface area contributed by atoms with E-state index in [2.05, 4.69) is 32.5 Å². The number of carbonyl (C=O) groups excluding carboxylic acids is 1. The molecule has 6 nitrogen and oxygen atoms in total. The highest BCUT2D eigenvalue weighted by Gasteiger charge is 2.21. The van der Waals surface area contributed by atoms with Crippen LogP contribution in [0.2, 0.25) is 0 Å². The molecule has 6 heteroatoms. The standard InChI is InChI=1S/C18H16N4O2/c1-12-10-17(21-24-12)20-18(23)15-11-14(6-8-19-15)22-9-7-13-4-2-3-5-16(13)22/h2-6,8,10-11H,7,9H2,1H3,(H,20,21,23). The van der Waals surface area contributed by atoms with E-state index in [-0.39, 0.29) is 5.91 Å². The Kier molecular flexibility index (Phi) is 3.49. The first-order valence-electron chi connectivity index (χ1n) is 7.77. The minimum absolute atomic E-state index is 0.308. The highest BCUT2D eigenvalue weighted by Crippen LogP contribution is 2.34. The van der Waals surface area contributed by atoms with E-state index in [4.69, 9.17) is 4.52 Å². The van der Waals surface area contributed by atoms with Crippen molar-refractivity contribution < 1.29 is 9.32 Å². The first-order chi connectivity index (χ1) is 11.7. The summed E-state index contributed by atoms with van der Waals surface area (Å²) < 4.78 is 4.95. The van der Waals surface area contributed by atoms with Gasteiger partial charge in [0, 0.05) is 30.2 Å². The van der Waals surface area contributed by atoms with Gasteiger partial charge in [-0.1, -0.05) is 23.4 Å². The maximum atomic E-state index is 12.4. The molecule has 0 radical (unpaired) electrons. The summed E-state index contributed by atoms with van der Waals surface area (Å²) in [6.45, 7) is 2.67. The van der Waals surface area contributed by atoms with Crippen molar-refractivity contribution in [3.05, 3.63) is 65.7 Å². The van der Waals surface area contributed by atoms with Gasteiger partial charge in [-0.2, -0.15) is 0 Å². The molecule has 0 atom stereocenters. The zero-order valence-electron chi connectivity index (χ0n) is 13.2. The van der Waals surface area contributed by atoms with Crippen molar-refractivity contribution in [1.82, 2.24) is 10.1 Å². The highest BCUT2D eigenvalue weighted by atomic mass is 16.5. The number of hydrogen-bond acceptors (Lipinski definition) is 5. The Balaban J connectivity index is 1.59. The Morgan fingerprint density at radius 2 is 2.12 bits per heavy atom. The number of para-hydroxylation sites is 1. The van der Waals surface area contributed by atoms with E-state index in [9.17, 15) is 4.79 Å². The van der Waals surface area contributed by atoms with Gasteiger partial charge in [0.05, 0.1) is 0 Å². The molecule has 3 aromatic rings. The average molecular weight is 320 g/mol. The van der Waals surface area contributed by atoms with Gasteiger partial charge in [0.1, 0.15) is 11.5 Å². The van der Waals surface area contributed by atoms with Crippen LogP contribution >= 0.6 is 0 Å². The van der Waals surface area contributed by atoms with Gasteiger partial charge < -0.3 is 14.7 Å². The van der Waals surface area contributed by atoms with Gasteiger partial charge in [-0.3, -0.25) is 9.78 Å². The monoisotopic (exact) mass is 320 g/mol. The molecule has 0 saturated heterocycles. The van der Waals surface area contributed by atoms with Gasteiger partial charge in [-0.25, -0.2) is 0 Å². The number of nitrogens with one attached hydrogen (secondary N) is 1. The van der Waals surface area contributed by atoms with Crippen molar-refractivity contribution >= 4 is 23.1 Å². The van der Waals surface area contributed by atoms with E-state index in [1.54, 1.807) is 25.3 Å². The van der Waals surface area contributed by atoms with E-state index in [1.165, 1.54) is 11.3 Å². The molecule has 1 N–H and O–H groups in total. The molecule has 0 fully saturated rings. The summed E-state index contributed by atoms with van der Waals surface area (Å²) in [4.78, 5) is 18.7. The number of carbonyl (C=O) groups is 1. The smallest absolute Gasteiger partial charge is 0.275 e. The van der Waals surface area contributed by atoms with Crippen LogP contribution in [0.25, 0.3) is 0 Å². The lowest BCUT2D eigenvalue weighted by atomic mass is 10.2. The molecule has 24 heavy (non-hydrogen) atoms. The second-order valence-corrected chi connectivity index (χ2v) is 5.71. The topological polar surface area (TPSA) is 71.3 Å². The maximum absolute atomic E-state index is 12.4. The third-order valence-electron chi connectivity index (χ3n) is 4.04. The number of aromatic nitrogens is 2. The fraction of sp³-hybridized carbons (Fsp3) is 0.167. The van der Waals surface area contributed by atoms with Gasteiger partial charge in [0.2, 0.25) is 0 Å². The summed E-state index contributed by atoms with van der Waals surface area (Å²) >= 11 is 0.